The molecule has 2 atom stereocenters. The Bertz CT molecular complexity index is 915. The molecule has 30 heavy (non-hydrogen) atoms. The largest absolute Gasteiger partial charge is 0.383 e. The van der Waals surface area contributed by atoms with Crippen molar-refractivity contribution in [2.24, 2.45) is 0 Å². The van der Waals surface area contributed by atoms with Gasteiger partial charge in [0.15, 0.2) is 5.78 Å². The number of pyridine rings is 1. The van der Waals surface area contributed by atoms with E-state index in [0.29, 0.717) is 37.3 Å². The summed E-state index contributed by atoms with van der Waals surface area (Å²) in [5, 5.41) is 4.90. The van der Waals surface area contributed by atoms with Crippen molar-refractivity contribution >= 4 is 28.3 Å². The van der Waals surface area contributed by atoms with Crippen LogP contribution in [0.25, 0.3) is 10.8 Å². The van der Waals surface area contributed by atoms with Crippen LogP contribution < -0.4 is 11.1 Å². The second-order valence-electron chi connectivity index (χ2n) is 9.15. The number of piperidine rings is 1. The zero-order valence-electron chi connectivity index (χ0n) is 18.6. The molecule has 1 amide bonds. The van der Waals surface area contributed by atoms with Crippen LogP contribution in [0.4, 0.5) is 5.82 Å². The normalized spacial score (nSPS) is 20.3. The molecule has 1 saturated heterocycles. The first kappa shape index (κ1) is 22.2. The van der Waals surface area contributed by atoms with Gasteiger partial charge >= 0.3 is 0 Å². The Morgan fingerprint density at radius 3 is 2.60 bits per heavy atom. The lowest BCUT2D eigenvalue weighted by atomic mass is 9.93. The minimum absolute atomic E-state index is 0.0323. The summed E-state index contributed by atoms with van der Waals surface area (Å²) in [5.74, 6) is 0.462. The number of amides is 1. The summed E-state index contributed by atoms with van der Waals surface area (Å²) in [4.78, 5) is 31.9. The molecule has 0 saturated carbocycles. The van der Waals surface area contributed by atoms with Gasteiger partial charge < -0.3 is 11.1 Å². The van der Waals surface area contributed by atoms with Crippen LogP contribution in [-0.2, 0) is 16.0 Å². The Kier molecular flexibility index (Phi) is 6.76. The number of likely N-dealkylation sites (tertiary alicyclic amines) is 1. The second kappa shape index (κ2) is 9.13. The third kappa shape index (κ3) is 5.17. The molecule has 1 fully saturated rings. The van der Waals surface area contributed by atoms with Crippen molar-refractivity contribution in [3.63, 3.8) is 0 Å². The van der Waals surface area contributed by atoms with Crippen molar-refractivity contribution in [2.45, 2.75) is 77.4 Å². The van der Waals surface area contributed by atoms with Crippen LogP contribution in [0.3, 0.4) is 0 Å². The number of aromatic nitrogens is 1. The highest BCUT2D eigenvalue weighted by Crippen LogP contribution is 2.23. The highest BCUT2D eigenvalue weighted by atomic mass is 16.2. The molecular weight excluding hydrogens is 376 g/mol. The van der Waals surface area contributed by atoms with Gasteiger partial charge in [-0.25, -0.2) is 4.98 Å². The Labute approximate surface area is 179 Å². The maximum absolute atomic E-state index is 12.9. The maximum Gasteiger partial charge on any atom is 0.234 e. The van der Waals surface area contributed by atoms with E-state index in [0.717, 1.165) is 29.2 Å². The Hall–Kier alpha value is -2.47. The number of fused-ring (bicyclic) bond motifs is 1. The number of nitrogens with one attached hydrogen (secondary N) is 1. The number of aryl methyl sites for hydroxylation is 1. The van der Waals surface area contributed by atoms with Gasteiger partial charge in [-0.2, -0.15) is 0 Å². The maximum atomic E-state index is 12.9. The molecule has 0 bridgehead atoms. The first-order valence-corrected chi connectivity index (χ1v) is 10.9. The van der Waals surface area contributed by atoms with E-state index in [2.05, 4.69) is 29.0 Å². The molecular formula is C24H34N4O2. The Morgan fingerprint density at radius 2 is 1.90 bits per heavy atom. The van der Waals surface area contributed by atoms with Gasteiger partial charge in [0.05, 0.1) is 12.1 Å². The van der Waals surface area contributed by atoms with Crippen molar-refractivity contribution in [2.75, 3.05) is 12.3 Å². The van der Waals surface area contributed by atoms with Crippen molar-refractivity contribution in [3.05, 3.63) is 36.0 Å². The molecule has 0 radical (unpaired) electrons. The summed E-state index contributed by atoms with van der Waals surface area (Å²) in [6.07, 6.45) is 6.13. The van der Waals surface area contributed by atoms with E-state index in [9.17, 15) is 9.59 Å². The summed E-state index contributed by atoms with van der Waals surface area (Å²) < 4.78 is 0. The predicted molar refractivity (Wildman–Crippen MR) is 121 cm³/mol. The molecule has 0 aliphatic carbocycles. The number of benzene rings is 1. The molecule has 1 aliphatic heterocycles. The van der Waals surface area contributed by atoms with E-state index in [1.807, 2.05) is 24.3 Å². The van der Waals surface area contributed by atoms with Gasteiger partial charge in [0.25, 0.3) is 0 Å². The van der Waals surface area contributed by atoms with Gasteiger partial charge in [0.1, 0.15) is 5.82 Å². The monoisotopic (exact) mass is 410 g/mol. The number of nitrogen functional groups attached to an aromatic ring is 1. The number of nitrogens with two attached hydrogens (primary N) is 1. The van der Waals surface area contributed by atoms with Crippen LogP contribution in [0, 0.1) is 0 Å². The molecule has 3 N–H and O–H groups in total. The van der Waals surface area contributed by atoms with E-state index >= 15 is 0 Å². The summed E-state index contributed by atoms with van der Waals surface area (Å²) in [5.41, 5.74) is 6.09. The molecule has 2 aromatic rings. The van der Waals surface area contributed by atoms with Gasteiger partial charge in [0, 0.05) is 30.1 Å². The molecule has 0 spiro atoms. The molecule has 0 unspecified atom stereocenters. The summed E-state index contributed by atoms with van der Waals surface area (Å²) in [6.45, 7) is 8.28. The summed E-state index contributed by atoms with van der Waals surface area (Å²) in [6, 6.07) is 8.70. The van der Waals surface area contributed by atoms with Crippen LogP contribution in [0.15, 0.2) is 30.5 Å². The fourth-order valence-electron chi connectivity index (χ4n) is 4.39. The van der Waals surface area contributed by atoms with E-state index in [1.165, 1.54) is 6.42 Å². The first-order valence-electron chi connectivity index (χ1n) is 10.9. The average molecular weight is 411 g/mol. The average Bonchev–Trinajstić information content (AvgIpc) is 2.68. The second-order valence-corrected chi connectivity index (χ2v) is 9.15. The number of anilines is 1. The van der Waals surface area contributed by atoms with E-state index < -0.39 is 5.54 Å². The van der Waals surface area contributed by atoms with Gasteiger partial charge in [-0.15, -0.1) is 0 Å². The SMILES string of the molecule is C[C@@H]1CCC[C@H](C)N1CC(=O)NC(C)(C)C(=O)CCc1ccc2c(N)nccc2c1. The fourth-order valence-corrected chi connectivity index (χ4v) is 4.39. The number of nitrogens with zero attached hydrogens (tertiary/aromatic N) is 2. The topological polar surface area (TPSA) is 88.3 Å². The highest BCUT2D eigenvalue weighted by Gasteiger charge is 2.31. The molecule has 3 rings (SSSR count). The van der Waals surface area contributed by atoms with Crippen LogP contribution >= 0.6 is 0 Å². The summed E-state index contributed by atoms with van der Waals surface area (Å²) in [7, 11) is 0. The van der Waals surface area contributed by atoms with Crippen molar-refractivity contribution in [1.29, 1.82) is 0 Å². The van der Waals surface area contributed by atoms with Gasteiger partial charge in [0.2, 0.25) is 5.91 Å². The van der Waals surface area contributed by atoms with E-state index in [-0.39, 0.29) is 11.7 Å². The lowest BCUT2D eigenvalue weighted by Crippen LogP contribution is -2.55. The number of Topliss-reactive ketones (excluding diaryl/α,β-unsaturated/α-hetero) is 1. The van der Waals surface area contributed by atoms with Gasteiger partial charge in [-0.3, -0.25) is 14.5 Å². The molecule has 6 nitrogen and oxygen atoms in total. The van der Waals surface area contributed by atoms with Gasteiger partial charge in [-0.05, 0) is 64.0 Å². The minimum Gasteiger partial charge on any atom is -0.383 e. The number of hydrogen-bond acceptors (Lipinski definition) is 5. The Balaban J connectivity index is 1.56. The van der Waals surface area contributed by atoms with Crippen LogP contribution in [0.2, 0.25) is 0 Å². The van der Waals surface area contributed by atoms with Crippen LogP contribution in [0.5, 0.6) is 0 Å². The van der Waals surface area contributed by atoms with Crippen LogP contribution in [0.1, 0.15) is 58.9 Å². The lowest BCUT2D eigenvalue weighted by molar-refractivity contribution is -0.132. The van der Waals surface area contributed by atoms with Crippen LogP contribution in [-0.4, -0.2) is 45.7 Å². The number of hydrogen-bond donors (Lipinski definition) is 2. The van der Waals surface area contributed by atoms with Crippen molar-refractivity contribution in [1.82, 2.24) is 15.2 Å². The van der Waals surface area contributed by atoms with Gasteiger partial charge in [-0.1, -0.05) is 24.6 Å². The lowest BCUT2D eigenvalue weighted by Gasteiger charge is -2.39. The zero-order chi connectivity index (χ0) is 21.9. The molecule has 6 heteroatoms. The smallest absolute Gasteiger partial charge is 0.234 e. The highest BCUT2D eigenvalue weighted by molar-refractivity contribution is 5.93. The zero-order valence-corrected chi connectivity index (χ0v) is 18.6. The molecule has 1 aromatic carbocycles. The third-order valence-electron chi connectivity index (χ3n) is 6.35. The first-order chi connectivity index (χ1) is 14.2. The quantitative estimate of drug-likeness (QED) is 0.730. The molecule has 2 heterocycles. The fraction of sp³-hybridized carbons (Fsp3) is 0.542. The number of ketones is 1. The summed E-state index contributed by atoms with van der Waals surface area (Å²) >= 11 is 0. The molecule has 1 aliphatic rings. The van der Waals surface area contributed by atoms with E-state index in [4.69, 9.17) is 5.73 Å². The number of carbonyl (C=O) groups is 2. The number of rotatable bonds is 7. The van der Waals surface area contributed by atoms with Crippen molar-refractivity contribution in [3.8, 4) is 0 Å². The predicted octanol–water partition coefficient (Wildman–Crippen LogP) is 3.48. The third-order valence-corrected chi connectivity index (χ3v) is 6.35. The Morgan fingerprint density at radius 1 is 1.20 bits per heavy atom. The molecule has 1 aromatic heterocycles. The minimum atomic E-state index is -0.884. The number of carbonyl (C=O) groups excluding carboxylic acids is 2. The van der Waals surface area contributed by atoms with E-state index in [1.54, 1.807) is 20.0 Å². The van der Waals surface area contributed by atoms with Crippen molar-refractivity contribution < 1.29 is 9.59 Å². The molecule has 162 valence electrons. The standard InChI is InChI=1S/C24H34N4O2/c1-16-6-5-7-17(2)28(16)15-22(30)27-24(3,4)21(29)11-9-18-8-10-20-19(14-18)12-13-26-23(20)25/h8,10,12-14,16-17H,5-7,9,11,15H2,1-4H3,(H2,25,26)(H,27,30)/t16-,17+.